The molecular weight excluding hydrogens is 322 g/mol. The van der Waals surface area contributed by atoms with Gasteiger partial charge in [-0.05, 0) is 33.1 Å². The molecule has 0 N–H and O–H groups in total. The van der Waals surface area contributed by atoms with E-state index in [4.69, 9.17) is 16.7 Å². The number of hydrogen-bond donors (Lipinski definition) is 0. The summed E-state index contributed by atoms with van der Waals surface area (Å²) in [4.78, 5) is 2.14. The zero-order valence-electron chi connectivity index (χ0n) is 14.4. The van der Waals surface area contributed by atoms with Gasteiger partial charge in [-0.25, -0.2) is 4.68 Å². The summed E-state index contributed by atoms with van der Waals surface area (Å²) in [6.07, 6.45) is 0. The summed E-state index contributed by atoms with van der Waals surface area (Å²) in [6, 6.07) is 10.1. The van der Waals surface area contributed by atoms with Crippen molar-refractivity contribution in [1.29, 1.82) is 0 Å². The van der Waals surface area contributed by atoms with Gasteiger partial charge >= 0.3 is 0 Å². The van der Waals surface area contributed by atoms with Gasteiger partial charge in [0.15, 0.2) is 10.6 Å². The number of aromatic nitrogens is 4. The van der Waals surface area contributed by atoms with E-state index in [2.05, 4.69) is 15.2 Å². The summed E-state index contributed by atoms with van der Waals surface area (Å²) in [6.45, 7) is 5.23. The lowest BCUT2D eigenvalue weighted by Gasteiger charge is -2.16. The fraction of sp³-hybridized carbons (Fsp3) is 0.353. The highest BCUT2D eigenvalue weighted by Gasteiger charge is 2.14. The first-order chi connectivity index (χ1) is 11.5. The Hall–Kier alpha value is -2.25. The molecule has 6 nitrogen and oxygen atoms in total. The molecule has 7 heteroatoms. The Morgan fingerprint density at radius 2 is 1.92 bits per heavy atom. The van der Waals surface area contributed by atoms with Crippen LogP contribution >= 0.6 is 12.2 Å². The molecule has 0 bridgehead atoms. The van der Waals surface area contributed by atoms with Crippen LogP contribution in [0.15, 0.2) is 34.9 Å². The summed E-state index contributed by atoms with van der Waals surface area (Å²) < 4.78 is 9.70. The first kappa shape index (κ1) is 16.6. The standard InChI is InChI=1S/C17H21N5OS/c1-12-15(13(2)23-19-12)10-20(3)11-22-17(24)21(4)16(18-22)14-8-6-5-7-9-14/h5-9H,10-11H2,1-4H3. The van der Waals surface area contributed by atoms with Gasteiger partial charge in [-0.3, -0.25) is 4.90 Å². The van der Waals surface area contributed by atoms with Gasteiger partial charge in [-0.1, -0.05) is 35.5 Å². The van der Waals surface area contributed by atoms with Crippen LogP contribution in [0.1, 0.15) is 17.0 Å². The Balaban J connectivity index is 1.82. The smallest absolute Gasteiger partial charge is 0.199 e. The highest BCUT2D eigenvalue weighted by atomic mass is 32.1. The molecular formula is C17H21N5OS. The third-order valence-electron chi connectivity index (χ3n) is 4.06. The third kappa shape index (κ3) is 3.18. The molecule has 2 aromatic heterocycles. The Kier molecular flexibility index (Phi) is 4.64. The molecule has 0 amide bonds. The van der Waals surface area contributed by atoms with Crippen molar-refractivity contribution < 1.29 is 4.52 Å². The lowest BCUT2D eigenvalue weighted by atomic mass is 10.2. The van der Waals surface area contributed by atoms with Crippen LogP contribution in [0.5, 0.6) is 0 Å². The maximum absolute atomic E-state index is 5.54. The fourth-order valence-electron chi connectivity index (χ4n) is 2.69. The minimum atomic E-state index is 0.601. The molecule has 0 aliphatic heterocycles. The molecule has 0 saturated heterocycles. The van der Waals surface area contributed by atoms with Gasteiger partial charge in [0, 0.05) is 24.7 Å². The number of hydrogen-bond acceptors (Lipinski definition) is 5. The molecule has 0 fully saturated rings. The summed E-state index contributed by atoms with van der Waals surface area (Å²) in [5.74, 6) is 1.72. The Bertz CT molecular complexity index is 874. The molecule has 24 heavy (non-hydrogen) atoms. The van der Waals surface area contributed by atoms with Crippen molar-refractivity contribution in [1.82, 2.24) is 24.4 Å². The van der Waals surface area contributed by atoms with E-state index in [1.807, 2.05) is 67.5 Å². The van der Waals surface area contributed by atoms with Crippen LogP contribution in [-0.4, -0.2) is 31.5 Å². The van der Waals surface area contributed by atoms with Crippen LogP contribution < -0.4 is 0 Å². The first-order valence-corrected chi connectivity index (χ1v) is 8.17. The number of nitrogens with zero attached hydrogens (tertiary/aromatic N) is 5. The number of rotatable bonds is 5. The summed E-state index contributed by atoms with van der Waals surface area (Å²) >= 11 is 5.54. The predicted molar refractivity (Wildman–Crippen MR) is 94.9 cm³/mol. The van der Waals surface area contributed by atoms with Crippen molar-refractivity contribution in [2.24, 2.45) is 7.05 Å². The van der Waals surface area contributed by atoms with Crippen LogP contribution in [0.2, 0.25) is 0 Å². The van der Waals surface area contributed by atoms with Crippen LogP contribution in [0.25, 0.3) is 11.4 Å². The van der Waals surface area contributed by atoms with Gasteiger partial charge in [-0.15, -0.1) is 0 Å². The minimum absolute atomic E-state index is 0.601. The Morgan fingerprint density at radius 1 is 1.21 bits per heavy atom. The van der Waals surface area contributed by atoms with Gasteiger partial charge in [0.2, 0.25) is 0 Å². The van der Waals surface area contributed by atoms with Gasteiger partial charge in [-0.2, -0.15) is 5.10 Å². The second kappa shape index (κ2) is 6.70. The third-order valence-corrected chi connectivity index (χ3v) is 4.54. The van der Waals surface area contributed by atoms with E-state index in [0.717, 1.165) is 35.0 Å². The highest BCUT2D eigenvalue weighted by Crippen LogP contribution is 2.18. The Labute approximate surface area is 146 Å². The average Bonchev–Trinajstić information content (AvgIpc) is 3.03. The van der Waals surface area contributed by atoms with Crippen molar-refractivity contribution in [2.75, 3.05) is 7.05 Å². The molecule has 0 aliphatic carbocycles. The lowest BCUT2D eigenvalue weighted by Crippen LogP contribution is -2.23. The van der Waals surface area contributed by atoms with Crippen LogP contribution in [0, 0.1) is 18.6 Å². The van der Waals surface area contributed by atoms with Crippen LogP contribution in [-0.2, 0) is 20.3 Å². The predicted octanol–water partition coefficient (Wildman–Crippen LogP) is 3.31. The van der Waals surface area contributed by atoms with Crippen LogP contribution in [0.3, 0.4) is 0 Å². The molecule has 2 heterocycles. The van der Waals surface area contributed by atoms with E-state index in [9.17, 15) is 0 Å². The largest absolute Gasteiger partial charge is 0.361 e. The van der Waals surface area contributed by atoms with Gasteiger partial charge in [0.25, 0.3) is 0 Å². The molecule has 0 atom stereocenters. The van der Waals surface area contributed by atoms with Crippen molar-refractivity contribution in [3.8, 4) is 11.4 Å². The second-order valence-corrected chi connectivity index (χ2v) is 6.35. The number of benzene rings is 1. The molecule has 3 rings (SSSR count). The molecule has 0 spiro atoms. The van der Waals surface area contributed by atoms with E-state index in [-0.39, 0.29) is 0 Å². The average molecular weight is 343 g/mol. The SMILES string of the molecule is Cc1noc(C)c1CN(C)Cn1nc(-c2ccccc2)n(C)c1=S. The zero-order valence-corrected chi connectivity index (χ0v) is 15.2. The van der Waals surface area contributed by atoms with Gasteiger partial charge < -0.3 is 9.09 Å². The van der Waals surface area contributed by atoms with Crippen LogP contribution in [0.4, 0.5) is 0 Å². The minimum Gasteiger partial charge on any atom is -0.361 e. The lowest BCUT2D eigenvalue weighted by molar-refractivity contribution is 0.242. The summed E-state index contributed by atoms with van der Waals surface area (Å²) in [7, 11) is 3.98. The van der Waals surface area contributed by atoms with Crippen molar-refractivity contribution >= 4 is 12.2 Å². The van der Waals surface area contributed by atoms with E-state index in [0.29, 0.717) is 11.4 Å². The van der Waals surface area contributed by atoms with E-state index >= 15 is 0 Å². The quantitative estimate of drug-likeness (QED) is 0.665. The summed E-state index contributed by atoms with van der Waals surface area (Å²) in [5, 5.41) is 8.69. The maximum atomic E-state index is 5.54. The topological polar surface area (TPSA) is 52.0 Å². The fourth-order valence-corrected chi connectivity index (χ4v) is 2.88. The van der Waals surface area contributed by atoms with Crippen molar-refractivity contribution in [3.05, 3.63) is 52.1 Å². The van der Waals surface area contributed by atoms with Gasteiger partial charge in [0.1, 0.15) is 5.76 Å². The van der Waals surface area contributed by atoms with Gasteiger partial charge in [0.05, 0.1) is 12.4 Å². The number of aryl methyl sites for hydroxylation is 2. The van der Waals surface area contributed by atoms with Crippen molar-refractivity contribution in [3.63, 3.8) is 0 Å². The first-order valence-electron chi connectivity index (χ1n) is 7.77. The molecule has 0 unspecified atom stereocenters. The van der Waals surface area contributed by atoms with E-state index in [1.165, 1.54) is 0 Å². The zero-order chi connectivity index (χ0) is 17.3. The Morgan fingerprint density at radius 3 is 2.54 bits per heavy atom. The monoisotopic (exact) mass is 343 g/mol. The molecule has 0 radical (unpaired) electrons. The highest BCUT2D eigenvalue weighted by molar-refractivity contribution is 7.71. The normalized spacial score (nSPS) is 11.4. The van der Waals surface area contributed by atoms with Crippen molar-refractivity contribution in [2.45, 2.75) is 27.1 Å². The molecule has 126 valence electrons. The molecule has 3 aromatic rings. The molecule has 0 aliphatic rings. The summed E-state index contributed by atoms with van der Waals surface area (Å²) in [5.41, 5.74) is 3.09. The maximum Gasteiger partial charge on any atom is 0.199 e. The molecule has 0 saturated carbocycles. The molecule has 1 aromatic carbocycles. The van der Waals surface area contributed by atoms with E-state index < -0.39 is 0 Å². The van der Waals surface area contributed by atoms with E-state index in [1.54, 1.807) is 0 Å². The second-order valence-electron chi connectivity index (χ2n) is 5.99.